The molecular weight excluding hydrogens is 374 g/mol. The van der Waals surface area contributed by atoms with Crippen molar-refractivity contribution in [2.75, 3.05) is 0 Å². The number of thioether (sulfide) groups is 1. The lowest BCUT2D eigenvalue weighted by atomic mass is 10.0. The summed E-state index contributed by atoms with van der Waals surface area (Å²) in [6.07, 6.45) is 1.93. The van der Waals surface area contributed by atoms with Gasteiger partial charge in [-0.25, -0.2) is 4.99 Å². The lowest BCUT2D eigenvalue weighted by Crippen LogP contribution is -2.06. The van der Waals surface area contributed by atoms with Gasteiger partial charge in [0.05, 0.1) is 5.69 Å². The highest BCUT2D eigenvalue weighted by Crippen LogP contribution is 2.24. The minimum absolute atomic E-state index is 0.501. The van der Waals surface area contributed by atoms with Crippen LogP contribution in [0.1, 0.15) is 36.5 Å². The normalized spacial score (nSPS) is 12.0. The van der Waals surface area contributed by atoms with Gasteiger partial charge in [0.2, 0.25) is 5.90 Å². The van der Waals surface area contributed by atoms with Gasteiger partial charge in [-0.3, -0.25) is 0 Å². The summed E-state index contributed by atoms with van der Waals surface area (Å²) in [6.45, 7) is 8.54. The predicted octanol–water partition coefficient (Wildman–Crippen LogP) is 7.84. The number of aryl methyl sites for hydroxylation is 1. The highest BCUT2D eigenvalue weighted by molar-refractivity contribution is 8.02. The number of ether oxygens (including phenoxy) is 1. The number of hydrogen-bond donors (Lipinski definition) is 0. The number of nitrogens with zero attached hydrogens (tertiary/aromatic N) is 1. The summed E-state index contributed by atoms with van der Waals surface area (Å²) >= 11 is 1.64. The molecule has 3 aromatic carbocycles. The van der Waals surface area contributed by atoms with Crippen molar-refractivity contribution in [2.45, 2.75) is 38.5 Å². The first-order valence-corrected chi connectivity index (χ1v) is 10.7. The molecule has 0 aliphatic carbocycles. The molecule has 0 aromatic heterocycles. The van der Waals surface area contributed by atoms with Crippen molar-refractivity contribution in [3.8, 4) is 5.75 Å². The van der Waals surface area contributed by atoms with Crippen LogP contribution in [0.15, 0.2) is 94.2 Å². The summed E-state index contributed by atoms with van der Waals surface area (Å²) in [4.78, 5) is 5.93. The zero-order chi connectivity index (χ0) is 20.6. The zero-order valence-corrected chi connectivity index (χ0v) is 18.2. The van der Waals surface area contributed by atoms with Crippen LogP contribution in [0.3, 0.4) is 0 Å². The first-order chi connectivity index (χ1) is 14.0. The van der Waals surface area contributed by atoms with Crippen molar-refractivity contribution in [3.63, 3.8) is 0 Å². The van der Waals surface area contributed by atoms with Gasteiger partial charge in [0, 0.05) is 11.0 Å². The fourth-order valence-electron chi connectivity index (χ4n) is 2.77. The Kier molecular flexibility index (Phi) is 7.31. The van der Waals surface area contributed by atoms with Gasteiger partial charge in [0.25, 0.3) is 0 Å². The molecule has 0 N–H and O–H groups in total. The summed E-state index contributed by atoms with van der Waals surface area (Å²) in [6, 6.07) is 24.7. The third-order valence-corrected chi connectivity index (χ3v) is 5.54. The molecule has 148 valence electrons. The van der Waals surface area contributed by atoms with Crippen LogP contribution in [0, 0.1) is 13.8 Å². The smallest absolute Gasteiger partial charge is 0.220 e. The standard InChI is InChI=1S/C26H27NOS/c1-19(2)22-13-15-23(16-14-22)27-26(17-18-29-24-10-6-5-7-11-24)28-25-12-8-9-20(3)21(25)4/h5-19H,1-4H3. The van der Waals surface area contributed by atoms with Crippen LogP contribution in [-0.4, -0.2) is 5.90 Å². The van der Waals surface area contributed by atoms with Crippen LogP contribution in [0.5, 0.6) is 5.75 Å². The lowest BCUT2D eigenvalue weighted by molar-refractivity contribution is 0.550. The van der Waals surface area contributed by atoms with E-state index < -0.39 is 0 Å². The van der Waals surface area contributed by atoms with Crippen molar-refractivity contribution in [1.29, 1.82) is 0 Å². The van der Waals surface area contributed by atoms with E-state index in [1.807, 2.05) is 53.9 Å². The molecule has 0 bridgehead atoms. The van der Waals surface area contributed by atoms with Crippen LogP contribution in [0.2, 0.25) is 0 Å². The summed E-state index contributed by atoms with van der Waals surface area (Å²) in [5.74, 6) is 1.90. The summed E-state index contributed by atoms with van der Waals surface area (Å²) in [7, 11) is 0. The first kappa shape index (κ1) is 20.9. The molecule has 0 aliphatic rings. The fourth-order valence-corrected chi connectivity index (χ4v) is 3.43. The monoisotopic (exact) mass is 401 g/mol. The Balaban J connectivity index is 1.86. The Morgan fingerprint density at radius 3 is 2.31 bits per heavy atom. The molecule has 0 fully saturated rings. The third kappa shape index (κ3) is 6.10. The van der Waals surface area contributed by atoms with Gasteiger partial charge in [0.15, 0.2) is 0 Å². The van der Waals surface area contributed by atoms with Crippen molar-refractivity contribution in [2.24, 2.45) is 4.99 Å². The van der Waals surface area contributed by atoms with E-state index >= 15 is 0 Å². The highest BCUT2D eigenvalue weighted by atomic mass is 32.2. The minimum Gasteiger partial charge on any atom is -0.439 e. The maximum atomic E-state index is 6.20. The van der Waals surface area contributed by atoms with E-state index in [0.29, 0.717) is 11.8 Å². The Hall–Kier alpha value is -2.78. The molecule has 0 atom stereocenters. The van der Waals surface area contributed by atoms with E-state index in [-0.39, 0.29) is 0 Å². The van der Waals surface area contributed by atoms with Crippen LogP contribution in [0.25, 0.3) is 0 Å². The average Bonchev–Trinajstić information content (AvgIpc) is 2.72. The third-order valence-electron chi connectivity index (χ3n) is 4.73. The second kappa shape index (κ2) is 10.1. The first-order valence-electron chi connectivity index (χ1n) is 9.84. The largest absolute Gasteiger partial charge is 0.439 e. The molecule has 0 aliphatic heterocycles. The molecule has 2 nitrogen and oxygen atoms in total. The summed E-state index contributed by atoms with van der Waals surface area (Å²) in [5.41, 5.74) is 4.51. The van der Waals surface area contributed by atoms with Gasteiger partial charge in [0.1, 0.15) is 5.75 Å². The van der Waals surface area contributed by atoms with Crippen molar-refractivity contribution < 1.29 is 4.74 Å². The molecule has 0 heterocycles. The van der Waals surface area contributed by atoms with Gasteiger partial charge < -0.3 is 4.74 Å². The molecule has 0 unspecified atom stereocenters. The molecule has 0 saturated heterocycles. The van der Waals surface area contributed by atoms with E-state index in [1.54, 1.807) is 11.8 Å². The number of benzene rings is 3. The van der Waals surface area contributed by atoms with E-state index in [2.05, 4.69) is 58.0 Å². The van der Waals surface area contributed by atoms with Gasteiger partial charge in [-0.05, 0) is 72.2 Å². The minimum atomic E-state index is 0.501. The van der Waals surface area contributed by atoms with Crippen LogP contribution in [0.4, 0.5) is 5.69 Å². The van der Waals surface area contributed by atoms with E-state index in [0.717, 1.165) is 17.0 Å². The topological polar surface area (TPSA) is 21.6 Å². The summed E-state index contributed by atoms with van der Waals surface area (Å²) in [5, 5.41) is 2.02. The number of aliphatic imine (C=N–C) groups is 1. The molecule has 0 radical (unpaired) electrons. The molecule has 3 rings (SSSR count). The zero-order valence-electron chi connectivity index (χ0n) is 17.4. The van der Waals surface area contributed by atoms with Crippen LogP contribution >= 0.6 is 11.8 Å². The van der Waals surface area contributed by atoms with Crippen molar-refractivity contribution in [3.05, 3.63) is 101 Å². The Morgan fingerprint density at radius 1 is 0.897 bits per heavy atom. The van der Waals surface area contributed by atoms with E-state index in [4.69, 9.17) is 9.73 Å². The molecular formula is C26H27NOS. The second-order valence-corrected chi connectivity index (χ2v) is 8.21. The van der Waals surface area contributed by atoms with Gasteiger partial charge in [-0.15, -0.1) is 0 Å². The fraction of sp³-hybridized carbons (Fsp3) is 0.192. The highest BCUT2D eigenvalue weighted by Gasteiger charge is 2.06. The molecule has 0 amide bonds. The molecule has 0 spiro atoms. The second-order valence-electron chi connectivity index (χ2n) is 7.23. The molecule has 0 saturated carbocycles. The molecule has 3 aromatic rings. The maximum absolute atomic E-state index is 6.20. The lowest BCUT2D eigenvalue weighted by Gasteiger charge is -2.11. The molecule has 3 heteroatoms. The number of rotatable bonds is 6. The van der Waals surface area contributed by atoms with Gasteiger partial charge in [-0.2, -0.15) is 0 Å². The Bertz CT molecular complexity index is 989. The maximum Gasteiger partial charge on any atom is 0.220 e. The Labute approximate surface area is 178 Å². The Morgan fingerprint density at radius 2 is 1.62 bits per heavy atom. The average molecular weight is 402 g/mol. The van der Waals surface area contributed by atoms with Gasteiger partial charge >= 0.3 is 0 Å². The quantitative estimate of drug-likeness (QED) is 0.238. The summed E-state index contributed by atoms with van der Waals surface area (Å²) < 4.78 is 6.20. The SMILES string of the molecule is Cc1cccc(OC(C=CSc2ccccc2)=Nc2ccc(C(C)C)cc2)c1C. The van der Waals surface area contributed by atoms with Crippen LogP contribution < -0.4 is 4.74 Å². The molecule has 29 heavy (non-hydrogen) atoms. The van der Waals surface area contributed by atoms with E-state index in [9.17, 15) is 0 Å². The van der Waals surface area contributed by atoms with E-state index in [1.165, 1.54) is 16.0 Å². The van der Waals surface area contributed by atoms with Crippen molar-refractivity contribution >= 4 is 23.3 Å². The van der Waals surface area contributed by atoms with Crippen LogP contribution in [-0.2, 0) is 0 Å². The number of hydrogen-bond acceptors (Lipinski definition) is 3. The predicted molar refractivity (Wildman–Crippen MR) is 126 cm³/mol. The van der Waals surface area contributed by atoms with Gasteiger partial charge in [-0.1, -0.05) is 68.1 Å². The van der Waals surface area contributed by atoms with Crippen molar-refractivity contribution in [1.82, 2.24) is 0 Å².